The third-order valence-electron chi connectivity index (χ3n) is 4.66. The number of ether oxygens (including phenoxy) is 1. The summed E-state index contributed by atoms with van der Waals surface area (Å²) < 4.78 is 5.65. The molecule has 3 rings (SSSR count). The van der Waals surface area contributed by atoms with E-state index in [1.165, 1.54) is 0 Å². The van der Waals surface area contributed by atoms with Gasteiger partial charge in [0, 0.05) is 12.1 Å². The van der Waals surface area contributed by atoms with Gasteiger partial charge in [-0.3, -0.25) is 9.69 Å². The van der Waals surface area contributed by atoms with Crippen LogP contribution in [0.1, 0.15) is 27.2 Å². The molecule has 0 unspecified atom stereocenters. The minimum absolute atomic E-state index is 0.0294. The number of rotatable bonds is 1. The van der Waals surface area contributed by atoms with Crippen LogP contribution in [0.2, 0.25) is 0 Å². The van der Waals surface area contributed by atoms with Crippen LogP contribution in [0.25, 0.3) is 0 Å². The van der Waals surface area contributed by atoms with Crippen LogP contribution >= 0.6 is 0 Å². The highest BCUT2D eigenvalue weighted by molar-refractivity contribution is 6.00. The first kappa shape index (κ1) is 12.9. The Labute approximate surface area is 118 Å². The number of fused-ring (bicyclic) bond motifs is 1. The highest BCUT2D eigenvalue weighted by atomic mass is 16.6. The standard InChI is InChI=1S/C16H17NO3/c1-11-9-13(18)10-15(2)16(11,3)20-14(19)17(15)12-7-5-4-6-8-12/h4-9H,10H2,1-3H3/t15-,16+/m0/s1. The Morgan fingerprint density at radius 1 is 1.15 bits per heavy atom. The van der Waals surface area contributed by atoms with Crippen molar-refractivity contribution in [2.24, 2.45) is 0 Å². The zero-order chi connectivity index (χ0) is 14.5. The van der Waals surface area contributed by atoms with Crippen molar-refractivity contribution < 1.29 is 14.3 Å². The number of nitrogens with zero attached hydrogens (tertiary/aromatic N) is 1. The van der Waals surface area contributed by atoms with E-state index in [1.54, 1.807) is 11.0 Å². The maximum atomic E-state index is 12.4. The number of benzene rings is 1. The molecule has 1 heterocycles. The SMILES string of the molecule is CC1=CC(=O)C[C@]2(C)N(c3ccccc3)C(=O)O[C@]12C. The third kappa shape index (κ3) is 1.48. The van der Waals surface area contributed by atoms with Gasteiger partial charge in [0.15, 0.2) is 11.4 Å². The number of para-hydroxylation sites is 1. The van der Waals surface area contributed by atoms with Crippen molar-refractivity contribution in [2.45, 2.75) is 38.3 Å². The molecule has 1 saturated heterocycles. The fourth-order valence-corrected chi connectivity index (χ4v) is 3.23. The van der Waals surface area contributed by atoms with Crippen LogP contribution in [0, 0.1) is 0 Å². The van der Waals surface area contributed by atoms with E-state index in [0.29, 0.717) is 0 Å². The van der Waals surface area contributed by atoms with E-state index < -0.39 is 17.2 Å². The van der Waals surface area contributed by atoms with Gasteiger partial charge in [-0.1, -0.05) is 18.2 Å². The molecule has 2 aliphatic rings. The summed E-state index contributed by atoms with van der Waals surface area (Å²) in [6.45, 7) is 5.64. The fraction of sp³-hybridized carbons (Fsp3) is 0.375. The molecule has 0 aromatic heterocycles. The smallest absolute Gasteiger partial charge is 0.415 e. The maximum absolute atomic E-state index is 12.4. The highest BCUT2D eigenvalue weighted by Gasteiger charge is 2.63. The number of anilines is 1. The zero-order valence-electron chi connectivity index (χ0n) is 11.8. The molecule has 4 nitrogen and oxygen atoms in total. The summed E-state index contributed by atoms with van der Waals surface area (Å²) in [7, 11) is 0. The van der Waals surface area contributed by atoms with Crippen molar-refractivity contribution in [1.29, 1.82) is 0 Å². The number of allylic oxidation sites excluding steroid dienone is 1. The Morgan fingerprint density at radius 3 is 2.45 bits per heavy atom. The molecule has 0 radical (unpaired) electrons. The molecule has 104 valence electrons. The molecule has 1 aliphatic carbocycles. The molecular weight excluding hydrogens is 254 g/mol. The first-order valence-electron chi connectivity index (χ1n) is 6.68. The van der Waals surface area contributed by atoms with E-state index in [2.05, 4.69) is 0 Å². The van der Waals surface area contributed by atoms with E-state index >= 15 is 0 Å². The monoisotopic (exact) mass is 271 g/mol. The second-order valence-corrected chi connectivity index (χ2v) is 5.82. The summed E-state index contributed by atoms with van der Waals surface area (Å²) in [6, 6.07) is 9.35. The van der Waals surface area contributed by atoms with E-state index in [-0.39, 0.29) is 12.2 Å². The molecule has 1 fully saturated rings. The molecule has 0 bridgehead atoms. The molecular formula is C16H17NO3. The van der Waals surface area contributed by atoms with E-state index in [4.69, 9.17) is 4.74 Å². The number of hydrogen-bond acceptors (Lipinski definition) is 3. The Hall–Kier alpha value is -2.10. The van der Waals surface area contributed by atoms with Gasteiger partial charge in [-0.15, -0.1) is 0 Å². The van der Waals surface area contributed by atoms with Gasteiger partial charge in [0.2, 0.25) is 0 Å². The first-order valence-corrected chi connectivity index (χ1v) is 6.68. The molecule has 0 spiro atoms. The predicted octanol–water partition coefficient (Wildman–Crippen LogP) is 3.08. The van der Waals surface area contributed by atoms with Crippen LogP contribution in [0.15, 0.2) is 42.0 Å². The number of carbonyl (C=O) groups excluding carboxylic acids is 2. The number of carbonyl (C=O) groups is 2. The lowest BCUT2D eigenvalue weighted by Gasteiger charge is -2.44. The lowest BCUT2D eigenvalue weighted by Crippen LogP contribution is -2.58. The van der Waals surface area contributed by atoms with Crippen LogP contribution in [0.5, 0.6) is 0 Å². The summed E-state index contributed by atoms with van der Waals surface area (Å²) in [5.74, 6) is 0.0294. The minimum Gasteiger partial charge on any atom is -0.436 e. The van der Waals surface area contributed by atoms with Crippen molar-refractivity contribution in [3.05, 3.63) is 42.0 Å². The highest BCUT2D eigenvalue weighted by Crippen LogP contribution is 2.50. The van der Waals surface area contributed by atoms with Crippen molar-refractivity contribution in [3.63, 3.8) is 0 Å². The third-order valence-corrected chi connectivity index (χ3v) is 4.66. The van der Waals surface area contributed by atoms with Crippen LogP contribution in [-0.2, 0) is 9.53 Å². The minimum atomic E-state index is -0.770. The molecule has 1 amide bonds. The number of amides is 1. The van der Waals surface area contributed by atoms with Crippen molar-refractivity contribution in [1.82, 2.24) is 0 Å². The topological polar surface area (TPSA) is 46.6 Å². The lowest BCUT2D eigenvalue weighted by atomic mass is 9.70. The summed E-state index contributed by atoms with van der Waals surface area (Å²) in [4.78, 5) is 26.0. The summed E-state index contributed by atoms with van der Waals surface area (Å²) in [6.07, 6.45) is 1.45. The van der Waals surface area contributed by atoms with Gasteiger partial charge in [0.1, 0.15) is 0 Å². The van der Waals surface area contributed by atoms with Gasteiger partial charge in [-0.25, -0.2) is 4.79 Å². The van der Waals surface area contributed by atoms with Crippen molar-refractivity contribution in [3.8, 4) is 0 Å². The first-order chi connectivity index (χ1) is 9.38. The van der Waals surface area contributed by atoms with Crippen molar-refractivity contribution in [2.75, 3.05) is 4.90 Å². The van der Waals surface area contributed by atoms with Crippen molar-refractivity contribution >= 4 is 17.6 Å². The Bertz CT molecular complexity index is 622. The molecule has 0 saturated carbocycles. The summed E-state index contributed by atoms with van der Waals surface area (Å²) in [5.41, 5.74) is 0.0871. The molecule has 4 heteroatoms. The average Bonchev–Trinajstić information content (AvgIpc) is 2.58. The second-order valence-electron chi connectivity index (χ2n) is 5.82. The zero-order valence-corrected chi connectivity index (χ0v) is 11.8. The van der Waals surface area contributed by atoms with Crippen LogP contribution in [-0.4, -0.2) is 23.0 Å². The van der Waals surface area contributed by atoms with Crippen LogP contribution in [0.3, 0.4) is 0 Å². The van der Waals surface area contributed by atoms with Gasteiger partial charge in [-0.05, 0) is 44.6 Å². The normalized spacial score (nSPS) is 32.8. The second kappa shape index (κ2) is 3.95. The van der Waals surface area contributed by atoms with Gasteiger partial charge in [-0.2, -0.15) is 0 Å². The molecule has 1 aromatic rings. The molecule has 1 aliphatic heterocycles. The Morgan fingerprint density at radius 2 is 1.80 bits per heavy atom. The predicted molar refractivity (Wildman–Crippen MR) is 75.6 cm³/mol. The Balaban J connectivity index is 2.17. The fourth-order valence-electron chi connectivity index (χ4n) is 3.23. The Kier molecular flexibility index (Phi) is 2.55. The van der Waals surface area contributed by atoms with E-state index in [1.807, 2.05) is 51.1 Å². The molecule has 20 heavy (non-hydrogen) atoms. The largest absolute Gasteiger partial charge is 0.436 e. The van der Waals surface area contributed by atoms with Crippen LogP contribution in [0.4, 0.5) is 10.5 Å². The quantitative estimate of drug-likeness (QED) is 0.788. The number of hydrogen-bond donors (Lipinski definition) is 0. The maximum Gasteiger partial charge on any atom is 0.415 e. The lowest BCUT2D eigenvalue weighted by molar-refractivity contribution is -0.118. The van der Waals surface area contributed by atoms with Crippen LogP contribution < -0.4 is 4.90 Å². The summed E-state index contributed by atoms with van der Waals surface area (Å²) in [5, 5.41) is 0. The van der Waals surface area contributed by atoms with Gasteiger partial charge in [0.05, 0.1) is 5.54 Å². The number of ketones is 1. The van der Waals surface area contributed by atoms with Gasteiger partial charge < -0.3 is 4.74 Å². The van der Waals surface area contributed by atoms with E-state index in [9.17, 15) is 9.59 Å². The van der Waals surface area contributed by atoms with Gasteiger partial charge >= 0.3 is 6.09 Å². The molecule has 0 N–H and O–H groups in total. The summed E-state index contributed by atoms with van der Waals surface area (Å²) >= 11 is 0. The molecule has 2 atom stereocenters. The van der Waals surface area contributed by atoms with E-state index in [0.717, 1.165) is 11.3 Å². The average molecular weight is 271 g/mol. The molecule has 1 aromatic carbocycles. The van der Waals surface area contributed by atoms with Gasteiger partial charge in [0.25, 0.3) is 0 Å².